The Morgan fingerprint density at radius 1 is 1.11 bits per heavy atom. The Labute approximate surface area is 222 Å². The summed E-state index contributed by atoms with van der Waals surface area (Å²) in [4.78, 5) is 52.6. The van der Waals surface area contributed by atoms with Crippen LogP contribution in [-0.2, 0) is 9.59 Å². The van der Waals surface area contributed by atoms with Gasteiger partial charge in [0.25, 0.3) is 5.91 Å². The molecular weight excluding hydrogens is 492 g/mol. The summed E-state index contributed by atoms with van der Waals surface area (Å²) in [6.45, 7) is 5.78. The minimum atomic E-state index is -1.12. The highest BCUT2D eigenvalue weighted by molar-refractivity contribution is 5.93. The van der Waals surface area contributed by atoms with Crippen molar-refractivity contribution in [2.45, 2.75) is 58.9 Å². The van der Waals surface area contributed by atoms with Gasteiger partial charge in [-0.2, -0.15) is 0 Å². The zero-order chi connectivity index (χ0) is 28.1. The molecular formula is C27H36N4O7. The Bertz CT molecular complexity index is 1110. The van der Waals surface area contributed by atoms with Gasteiger partial charge >= 0.3 is 5.97 Å². The van der Waals surface area contributed by atoms with Gasteiger partial charge < -0.3 is 20.5 Å². The molecule has 0 unspecified atom stereocenters. The summed E-state index contributed by atoms with van der Waals surface area (Å²) < 4.78 is 5.46. The van der Waals surface area contributed by atoms with Crippen LogP contribution in [0.15, 0.2) is 36.4 Å². The molecule has 0 spiro atoms. The van der Waals surface area contributed by atoms with Crippen molar-refractivity contribution in [3.63, 3.8) is 0 Å². The fraction of sp³-hybridized carbons (Fsp3) is 0.444. The number of aromatic carboxylic acids is 1. The number of ether oxygens (including phenoxy) is 1. The Hall–Kier alpha value is -3.99. The third-order valence-corrected chi connectivity index (χ3v) is 6.04. The van der Waals surface area contributed by atoms with Crippen molar-refractivity contribution >= 4 is 24.2 Å². The molecule has 0 fully saturated rings. The molecule has 0 aliphatic rings. The highest BCUT2D eigenvalue weighted by Crippen LogP contribution is 2.25. The van der Waals surface area contributed by atoms with Crippen molar-refractivity contribution in [2.24, 2.45) is 5.92 Å². The summed E-state index contributed by atoms with van der Waals surface area (Å²) >= 11 is 0. The van der Waals surface area contributed by atoms with Crippen LogP contribution in [0.5, 0.6) is 5.75 Å². The maximum absolute atomic E-state index is 12.9. The smallest absolute Gasteiger partial charge is 0.335 e. The maximum atomic E-state index is 12.9. The lowest BCUT2D eigenvalue weighted by molar-refractivity contribution is -0.168. The van der Waals surface area contributed by atoms with Crippen LogP contribution in [-0.4, -0.2) is 63.9 Å². The number of amides is 3. The first-order valence-corrected chi connectivity index (χ1v) is 12.7. The topological polar surface area (TPSA) is 158 Å². The van der Waals surface area contributed by atoms with E-state index in [1.165, 1.54) is 18.2 Å². The summed E-state index contributed by atoms with van der Waals surface area (Å²) in [5.74, 6) is -2.31. The van der Waals surface area contributed by atoms with Gasteiger partial charge in [-0.1, -0.05) is 39.2 Å². The summed E-state index contributed by atoms with van der Waals surface area (Å²) in [7, 11) is 0. The number of hydroxylamine groups is 2. The highest BCUT2D eigenvalue weighted by atomic mass is 16.5. The van der Waals surface area contributed by atoms with E-state index in [1.54, 1.807) is 32.0 Å². The van der Waals surface area contributed by atoms with Crippen molar-refractivity contribution in [3.05, 3.63) is 47.7 Å². The molecule has 11 nitrogen and oxygen atoms in total. The molecule has 0 radical (unpaired) electrons. The number of nitrogens with one attached hydrogen (secondary N) is 2. The average molecular weight is 529 g/mol. The molecule has 1 aromatic carbocycles. The van der Waals surface area contributed by atoms with E-state index < -0.39 is 23.8 Å². The second kappa shape index (κ2) is 15.3. The van der Waals surface area contributed by atoms with Crippen molar-refractivity contribution in [3.8, 4) is 17.0 Å². The molecule has 3 amide bonds. The maximum Gasteiger partial charge on any atom is 0.335 e. The third-order valence-electron chi connectivity index (χ3n) is 6.04. The Morgan fingerprint density at radius 3 is 2.50 bits per heavy atom. The van der Waals surface area contributed by atoms with E-state index in [-0.39, 0.29) is 30.2 Å². The standard InChI is InChI=1S/C27H36N4O7/c1-4-7-8-10-21(24(5-2)31(37)17-32)25(33)28-16-29-26(34)23-12-9-11-22(30-23)18-13-19(27(35)36)15-20(14-18)38-6-3/h9,11-15,17,21,24,37H,4-8,10,16H2,1-3H3,(H,28,33)(H,29,34)(H,35,36)/t21-,24-/m1/s1. The number of unbranched alkanes of at least 4 members (excludes halogenated alkanes) is 2. The Balaban J connectivity index is 2.11. The third kappa shape index (κ3) is 8.55. The number of carboxylic acids is 1. The number of hydrogen-bond donors (Lipinski definition) is 4. The van der Waals surface area contributed by atoms with Crippen LogP contribution in [0.25, 0.3) is 11.3 Å². The van der Waals surface area contributed by atoms with E-state index >= 15 is 0 Å². The van der Waals surface area contributed by atoms with Crippen LogP contribution in [0.2, 0.25) is 0 Å². The molecule has 2 rings (SSSR count). The fourth-order valence-electron chi connectivity index (χ4n) is 4.12. The van der Waals surface area contributed by atoms with Crippen LogP contribution in [0, 0.1) is 5.92 Å². The van der Waals surface area contributed by atoms with Crippen molar-refractivity contribution in [1.82, 2.24) is 20.7 Å². The quantitative estimate of drug-likeness (QED) is 0.0848. The van der Waals surface area contributed by atoms with E-state index in [0.717, 1.165) is 19.3 Å². The molecule has 1 heterocycles. The first-order chi connectivity index (χ1) is 18.2. The lowest BCUT2D eigenvalue weighted by atomic mass is 9.90. The monoisotopic (exact) mass is 528 g/mol. The van der Waals surface area contributed by atoms with Gasteiger partial charge in [0, 0.05) is 5.56 Å². The molecule has 11 heteroatoms. The van der Waals surface area contributed by atoms with Crippen LogP contribution in [0.4, 0.5) is 0 Å². The van der Waals surface area contributed by atoms with Gasteiger partial charge in [0.2, 0.25) is 12.3 Å². The molecule has 0 aliphatic heterocycles. The molecule has 2 atom stereocenters. The van der Waals surface area contributed by atoms with E-state index in [9.17, 15) is 29.5 Å². The second-order valence-corrected chi connectivity index (χ2v) is 8.68. The minimum absolute atomic E-state index is 0.0280. The zero-order valence-corrected chi connectivity index (χ0v) is 22.0. The first-order valence-electron chi connectivity index (χ1n) is 12.7. The lowest BCUT2D eigenvalue weighted by Gasteiger charge is -2.29. The normalized spacial score (nSPS) is 12.2. The van der Waals surface area contributed by atoms with Gasteiger partial charge in [0.1, 0.15) is 11.4 Å². The molecule has 1 aromatic heterocycles. The largest absolute Gasteiger partial charge is 0.494 e. The Morgan fingerprint density at radius 2 is 1.87 bits per heavy atom. The van der Waals surface area contributed by atoms with E-state index in [0.29, 0.717) is 41.5 Å². The van der Waals surface area contributed by atoms with Gasteiger partial charge in [0.05, 0.1) is 36.5 Å². The van der Waals surface area contributed by atoms with Gasteiger partial charge in [-0.05, 0) is 50.1 Å². The number of carbonyl (C=O) groups excluding carboxylic acids is 3. The molecule has 2 aromatic rings. The SMILES string of the molecule is CCCCC[C@@H](C(=O)NCNC(=O)c1cccc(-c2cc(OCC)cc(C(=O)O)c2)n1)[C@@H](CC)N(O)C=O. The number of rotatable bonds is 16. The van der Waals surface area contributed by atoms with Crippen LogP contribution < -0.4 is 15.4 Å². The zero-order valence-electron chi connectivity index (χ0n) is 22.0. The number of pyridine rings is 1. The summed E-state index contributed by atoms with van der Waals surface area (Å²) in [5, 5.41) is 25.1. The predicted molar refractivity (Wildman–Crippen MR) is 140 cm³/mol. The highest BCUT2D eigenvalue weighted by Gasteiger charge is 2.30. The van der Waals surface area contributed by atoms with Gasteiger partial charge in [-0.3, -0.25) is 19.6 Å². The Kier molecular flexibility index (Phi) is 12.2. The summed E-state index contributed by atoms with van der Waals surface area (Å²) in [5.41, 5.74) is 0.953. The summed E-state index contributed by atoms with van der Waals surface area (Å²) in [6.07, 6.45) is 3.79. The number of aromatic nitrogens is 1. The molecule has 0 saturated carbocycles. The number of benzene rings is 1. The molecule has 0 bridgehead atoms. The minimum Gasteiger partial charge on any atom is -0.494 e. The molecule has 38 heavy (non-hydrogen) atoms. The summed E-state index contributed by atoms with van der Waals surface area (Å²) in [6, 6.07) is 8.59. The lowest BCUT2D eigenvalue weighted by Crippen LogP contribution is -2.47. The van der Waals surface area contributed by atoms with Crippen LogP contribution in [0.3, 0.4) is 0 Å². The second-order valence-electron chi connectivity index (χ2n) is 8.68. The van der Waals surface area contributed by atoms with Crippen molar-refractivity contribution < 1.29 is 34.2 Å². The first kappa shape index (κ1) is 30.2. The number of carbonyl (C=O) groups is 4. The van der Waals surface area contributed by atoms with E-state index in [2.05, 4.69) is 15.6 Å². The van der Waals surface area contributed by atoms with Gasteiger partial charge in [-0.25, -0.2) is 14.8 Å². The van der Waals surface area contributed by atoms with Gasteiger partial charge in [-0.15, -0.1) is 0 Å². The number of nitrogens with zero attached hydrogens (tertiary/aromatic N) is 2. The average Bonchev–Trinajstić information content (AvgIpc) is 2.92. The van der Waals surface area contributed by atoms with E-state index in [1.807, 2.05) is 6.92 Å². The van der Waals surface area contributed by atoms with Crippen LogP contribution >= 0.6 is 0 Å². The predicted octanol–water partition coefficient (Wildman–Crippen LogP) is 3.47. The number of carboxylic acid groups (broad SMARTS) is 1. The fourth-order valence-corrected chi connectivity index (χ4v) is 4.12. The van der Waals surface area contributed by atoms with Crippen molar-refractivity contribution in [1.29, 1.82) is 0 Å². The van der Waals surface area contributed by atoms with Gasteiger partial charge in [0.15, 0.2) is 0 Å². The molecule has 4 N–H and O–H groups in total. The molecule has 0 saturated heterocycles. The van der Waals surface area contributed by atoms with Crippen LogP contribution in [0.1, 0.15) is 73.7 Å². The van der Waals surface area contributed by atoms with Crippen molar-refractivity contribution in [2.75, 3.05) is 13.3 Å². The van der Waals surface area contributed by atoms with E-state index in [4.69, 9.17) is 4.74 Å². The molecule has 206 valence electrons. The number of hydrogen-bond acceptors (Lipinski definition) is 7. The molecule has 0 aliphatic carbocycles.